The average molecular weight is 379 g/mol. The molecule has 0 radical (unpaired) electrons. The molecule has 0 atom stereocenters. The highest BCUT2D eigenvalue weighted by molar-refractivity contribution is 7.94. The third-order valence-electron chi connectivity index (χ3n) is 4.49. The number of carbonyl (C=O) groups is 1. The molecule has 1 fully saturated rings. The summed E-state index contributed by atoms with van der Waals surface area (Å²) in [6.07, 6.45) is 4.26. The van der Waals surface area contributed by atoms with Gasteiger partial charge in [0.1, 0.15) is 4.21 Å². The second-order valence-corrected chi connectivity index (χ2v) is 9.41. The minimum atomic E-state index is -3.61. The molecule has 1 aromatic heterocycles. The highest BCUT2D eigenvalue weighted by Gasteiger charge is 2.21. The van der Waals surface area contributed by atoms with E-state index in [9.17, 15) is 13.2 Å². The number of rotatable bonds is 5. The fourth-order valence-corrected chi connectivity index (χ4v) is 5.06. The summed E-state index contributed by atoms with van der Waals surface area (Å²) in [5.74, 6) is 0.569. The molecule has 0 saturated heterocycles. The van der Waals surface area contributed by atoms with Crippen LogP contribution < -0.4 is 10.0 Å². The summed E-state index contributed by atoms with van der Waals surface area (Å²) in [6, 6.07) is 10.0. The van der Waals surface area contributed by atoms with Crippen LogP contribution in [0.1, 0.15) is 43.0 Å². The van der Waals surface area contributed by atoms with Crippen LogP contribution in [0, 0.1) is 5.92 Å². The van der Waals surface area contributed by atoms with Crippen molar-refractivity contribution in [1.82, 2.24) is 5.32 Å². The van der Waals surface area contributed by atoms with E-state index in [0.29, 0.717) is 11.3 Å². The summed E-state index contributed by atoms with van der Waals surface area (Å²) in [5, 5.41) is 4.77. The van der Waals surface area contributed by atoms with Crippen LogP contribution >= 0.6 is 11.3 Å². The molecule has 2 aromatic rings. The normalized spacial score (nSPS) is 20.8. The van der Waals surface area contributed by atoms with Crippen LogP contribution in [0.15, 0.2) is 46.0 Å². The van der Waals surface area contributed by atoms with Gasteiger partial charge in [-0.25, -0.2) is 8.42 Å². The highest BCUT2D eigenvalue weighted by atomic mass is 32.2. The number of benzene rings is 1. The number of carbonyl (C=O) groups excluding carboxylic acids is 1. The van der Waals surface area contributed by atoms with Gasteiger partial charge < -0.3 is 5.32 Å². The lowest BCUT2D eigenvalue weighted by Crippen LogP contribution is -2.37. The van der Waals surface area contributed by atoms with E-state index in [1.807, 2.05) is 0 Å². The lowest BCUT2D eigenvalue weighted by Gasteiger charge is -2.27. The predicted molar refractivity (Wildman–Crippen MR) is 100 cm³/mol. The molecule has 1 heterocycles. The molecule has 0 bridgehead atoms. The monoisotopic (exact) mass is 378 g/mol. The smallest absolute Gasteiger partial charge is 0.271 e. The Bertz CT molecular complexity index is 824. The molecular formula is C18H22N2O3S2. The SMILES string of the molecule is CC1CCC(NC(=O)c2cccc(NS(=O)(=O)c3cccs3)c2)CC1. The molecular weight excluding hydrogens is 356 g/mol. The highest BCUT2D eigenvalue weighted by Crippen LogP contribution is 2.24. The van der Waals surface area contributed by atoms with E-state index in [1.54, 1.807) is 41.8 Å². The number of amides is 1. The van der Waals surface area contributed by atoms with Gasteiger partial charge in [0, 0.05) is 17.3 Å². The van der Waals surface area contributed by atoms with Crippen molar-refractivity contribution in [3.05, 3.63) is 47.3 Å². The zero-order chi connectivity index (χ0) is 17.9. The van der Waals surface area contributed by atoms with Crippen LogP contribution in [0.2, 0.25) is 0 Å². The first-order valence-electron chi connectivity index (χ1n) is 8.41. The summed E-state index contributed by atoms with van der Waals surface area (Å²) in [5.41, 5.74) is 0.850. The molecule has 1 aliphatic carbocycles. The lowest BCUT2D eigenvalue weighted by molar-refractivity contribution is 0.0923. The number of thiophene rings is 1. The van der Waals surface area contributed by atoms with Crippen LogP contribution in [-0.2, 0) is 10.0 Å². The predicted octanol–water partition coefficient (Wildman–Crippen LogP) is 3.86. The van der Waals surface area contributed by atoms with Gasteiger partial charge in [0.05, 0.1) is 0 Å². The molecule has 134 valence electrons. The van der Waals surface area contributed by atoms with Crippen molar-refractivity contribution in [2.45, 2.75) is 42.9 Å². The second-order valence-electron chi connectivity index (χ2n) is 6.55. The summed E-state index contributed by atoms with van der Waals surface area (Å²) in [4.78, 5) is 12.5. The minimum absolute atomic E-state index is 0.156. The Hall–Kier alpha value is -1.86. The van der Waals surface area contributed by atoms with Gasteiger partial charge in [-0.05, 0) is 61.2 Å². The summed E-state index contributed by atoms with van der Waals surface area (Å²) in [6.45, 7) is 2.24. The van der Waals surface area contributed by atoms with Crippen molar-refractivity contribution in [3.8, 4) is 0 Å². The van der Waals surface area contributed by atoms with Crippen molar-refractivity contribution < 1.29 is 13.2 Å². The Morgan fingerprint density at radius 2 is 1.88 bits per heavy atom. The summed E-state index contributed by atoms with van der Waals surface area (Å²) < 4.78 is 27.4. The van der Waals surface area contributed by atoms with Crippen molar-refractivity contribution in [2.75, 3.05) is 4.72 Å². The van der Waals surface area contributed by atoms with Gasteiger partial charge in [-0.15, -0.1) is 11.3 Å². The van der Waals surface area contributed by atoms with Gasteiger partial charge >= 0.3 is 0 Å². The number of anilines is 1. The van der Waals surface area contributed by atoms with Gasteiger partial charge in [0.15, 0.2) is 0 Å². The molecule has 3 rings (SSSR count). The van der Waals surface area contributed by atoms with E-state index in [4.69, 9.17) is 0 Å². The quantitative estimate of drug-likeness (QED) is 0.830. The Balaban J connectivity index is 1.68. The van der Waals surface area contributed by atoms with Crippen molar-refractivity contribution in [3.63, 3.8) is 0 Å². The Morgan fingerprint density at radius 1 is 1.12 bits per heavy atom. The van der Waals surface area contributed by atoms with E-state index in [2.05, 4.69) is 17.0 Å². The molecule has 1 amide bonds. The molecule has 0 spiro atoms. The average Bonchev–Trinajstić information content (AvgIpc) is 3.12. The maximum atomic E-state index is 12.5. The fourth-order valence-electron chi connectivity index (χ4n) is 3.02. The molecule has 0 aliphatic heterocycles. The Morgan fingerprint density at radius 3 is 2.56 bits per heavy atom. The largest absolute Gasteiger partial charge is 0.349 e. The Kier molecular flexibility index (Phi) is 5.44. The molecule has 5 nitrogen and oxygen atoms in total. The van der Waals surface area contributed by atoms with E-state index >= 15 is 0 Å². The van der Waals surface area contributed by atoms with E-state index in [0.717, 1.165) is 42.9 Å². The summed E-state index contributed by atoms with van der Waals surface area (Å²) >= 11 is 1.15. The number of hydrogen-bond donors (Lipinski definition) is 2. The molecule has 25 heavy (non-hydrogen) atoms. The molecule has 1 aromatic carbocycles. The molecule has 2 N–H and O–H groups in total. The standard InChI is InChI=1S/C18H22N2O3S2/c1-13-7-9-15(10-8-13)19-18(21)14-4-2-5-16(12-14)20-25(22,23)17-6-3-11-24-17/h2-6,11-13,15,20H,7-10H2,1H3,(H,19,21). The first kappa shape index (κ1) is 17.9. The van der Waals surface area contributed by atoms with Crippen molar-refractivity contribution in [2.24, 2.45) is 5.92 Å². The minimum Gasteiger partial charge on any atom is -0.349 e. The van der Waals surface area contributed by atoms with Gasteiger partial charge in [-0.3, -0.25) is 9.52 Å². The topological polar surface area (TPSA) is 75.3 Å². The van der Waals surface area contributed by atoms with Crippen LogP contribution in [0.4, 0.5) is 5.69 Å². The van der Waals surface area contributed by atoms with Crippen LogP contribution in [0.5, 0.6) is 0 Å². The van der Waals surface area contributed by atoms with Crippen LogP contribution in [-0.4, -0.2) is 20.4 Å². The van der Waals surface area contributed by atoms with Gasteiger partial charge in [0.2, 0.25) is 0 Å². The molecule has 1 aliphatic rings. The third kappa shape index (κ3) is 4.61. The fraction of sp³-hybridized carbons (Fsp3) is 0.389. The van der Waals surface area contributed by atoms with E-state index in [1.165, 1.54) is 0 Å². The summed E-state index contributed by atoms with van der Waals surface area (Å²) in [7, 11) is -3.61. The maximum Gasteiger partial charge on any atom is 0.271 e. The van der Waals surface area contributed by atoms with Crippen LogP contribution in [0.3, 0.4) is 0 Å². The second kappa shape index (κ2) is 7.58. The first-order valence-corrected chi connectivity index (χ1v) is 10.8. The maximum absolute atomic E-state index is 12.5. The van der Waals surface area contributed by atoms with Crippen molar-refractivity contribution in [1.29, 1.82) is 0 Å². The lowest BCUT2D eigenvalue weighted by atomic mass is 9.87. The molecule has 0 unspecified atom stereocenters. The van der Waals surface area contributed by atoms with Crippen LogP contribution in [0.25, 0.3) is 0 Å². The first-order chi connectivity index (χ1) is 11.9. The van der Waals surface area contributed by atoms with Gasteiger partial charge in [-0.2, -0.15) is 0 Å². The molecule has 1 saturated carbocycles. The van der Waals surface area contributed by atoms with Gasteiger partial charge in [-0.1, -0.05) is 19.1 Å². The molecule has 7 heteroatoms. The Labute approximate surface area is 152 Å². The number of nitrogens with one attached hydrogen (secondary N) is 2. The zero-order valence-corrected chi connectivity index (χ0v) is 15.7. The number of sulfonamides is 1. The van der Waals surface area contributed by atoms with E-state index in [-0.39, 0.29) is 16.2 Å². The third-order valence-corrected chi connectivity index (χ3v) is 7.27. The van der Waals surface area contributed by atoms with E-state index < -0.39 is 10.0 Å². The zero-order valence-electron chi connectivity index (χ0n) is 14.1. The number of hydrogen-bond acceptors (Lipinski definition) is 4. The van der Waals surface area contributed by atoms with Gasteiger partial charge in [0.25, 0.3) is 15.9 Å². The van der Waals surface area contributed by atoms with Crippen molar-refractivity contribution >= 4 is 33.0 Å².